The first-order valence-corrected chi connectivity index (χ1v) is 10.3. The molecule has 0 aliphatic rings. The van der Waals surface area contributed by atoms with Gasteiger partial charge in [0.2, 0.25) is 0 Å². The molecule has 0 aromatic heterocycles. The quantitative estimate of drug-likeness (QED) is 0.264. The molecule has 0 aliphatic carbocycles. The molecule has 0 bridgehead atoms. The maximum atomic E-state index is 12.7. The summed E-state index contributed by atoms with van der Waals surface area (Å²) in [6.07, 6.45) is -4.47. The average Bonchev–Trinajstić information content (AvgIpc) is 2.78. The lowest BCUT2D eigenvalue weighted by Crippen LogP contribution is -2.17. The van der Waals surface area contributed by atoms with Crippen molar-refractivity contribution in [3.05, 3.63) is 87.4 Å². The van der Waals surface area contributed by atoms with E-state index >= 15 is 0 Å². The van der Waals surface area contributed by atoms with Gasteiger partial charge in [0.1, 0.15) is 25.2 Å². The molecule has 0 unspecified atom stereocenters. The molecule has 6 nitrogen and oxygen atoms in total. The van der Waals surface area contributed by atoms with E-state index in [-0.39, 0.29) is 39.6 Å². The number of carboxylic acids is 1. The number of hydrogen-bond donors (Lipinski definition) is 1. The highest BCUT2D eigenvalue weighted by Crippen LogP contribution is 2.40. The molecule has 3 aromatic carbocycles. The summed E-state index contributed by atoms with van der Waals surface area (Å²) in [5.74, 6) is -0.871. The van der Waals surface area contributed by atoms with E-state index in [2.05, 4.69) is 9.99 Å². The minimum absolute atomic E-state index is 0.0382. The van der Waals surface area contributed by atoms with Crippen LogP contribution in [0.1, 0.15) is 16.7 Å². The Balaban J connectivity index is 1.78. The molecular formula is C23H16Cl2F3NO5. The molecular weight excluding hydrogens is 498 g/mol. The summed E-state index contributed by atoms with van der Waals surface area (Å²) in [5.41, 5.74) is -0.296. The third kappa shape index (κ3) is 6.12. The number of rotatable bonds is 8. The highest BCUT2D eigenvalue weighted by Gasteiger charge is 2.30. The van der Waals surface area contributed by atoms with Crippen LogP contribution in [0.15, 0.2) is 65.8 Å². The molecule has 0 atom stereocenters. The third-order valence-electron chi connectivity index (χ3n) is 4.43. The van der Waals surface area contributed by atoms with E-state index in [1.165, 1.54) is 19.2 Å². The summed E-state index contributed by atoms with van der Waals surface area (Å²) in [4.78, 5) is 16.1. The Hall–Kier alpha value is -3.43. The van der Waals surface area contributed by atoms with Crippen molar-refractivity contribution in [3.63, 3.8) is 0 Å². The predicted molar refractivity (Wildman–Crippen MR) is 120 cm³/mol. The van der Waals surface area contributed by atoms with Crippen LogP contribution >= 0.6 is 23.2 Å². The van der Waals surface area contributed by atoms with Crippen LogP contribution < -0.4 is 9.47 Å². The summed E-state index contributed by atoms with van der Waals surface area (Å²) < 4.78 is 49.4. The summed E-state index contributed by atoms with van der Waals surface area (Å²) in [7, 11) is 1.24. The van der Waals surface area contributed by atoms with E-state index in [0.717, 1.165) is 24.3 Å². The van der Waals surface area contributed by atoms with Crippen LogP contribution in [0.4, 0.5) is 13.2 Å². The highest BCUT2D eigenvalue weighted by molar-refractivity contribution is 6.42. The van der Waals surface area contributed by atoms with Crippen LogP contribution in [0, 0.1) is 0 Å². The molecule has 11 heteroatoms. The number of benzene rings is 3. The van der Waals surface area contributed by atoms with E-state index in [0.29, 0.717) is 11.1 Å². The van der Waals surface area contributed by atoms with E-state index in [4.69, 9.17) is 32.7 Å². The lowest BCUT2D eigenvalue weighted by molar-refractivity contribution is -0.137. The van der Waals surface area contributed by atoms with E-state index in [9.17, 15) is 23.1 Å². The lowest BCUT2D eigenvalue weighted by atomic mass is 10.0. The molecule has 0 radical (unpaired) electrons. The molecule has 3 aromatic rings. The fourth-order valence-electron chi connectivity index (χ4n) is 2.88. The highest BCUT2D eigenvalue weighted by atomic mass is 35.5. The Labute approximate surface area is 202 Å². The second kappa shape index (κ2) is 10.7. The first kappa shape index (κ1) is 25.2. The van der Waals surface area contributed by atoms with Crippen LogP contribution in [-0.4, -0.2) is 23.9 Å². The second-order valence-electron chi connectivity index (χ2n) is 6.71. The standard InChI is InChI=1S/C23H16Cl2F3NO5/c1-32-29-20(22(30)31)17-5-3-2-4-13(17)12-33-16-10-18(24)21(19(25)11-16)34-15-8-6-14(7-9-15)23(26,27)28/h2-11H,12H2,1H3,(H,30,31)/b29-20+. The minimum Gasteiger partial charge on any atom is -0.489 e. The van der Waals surface area contributed by atoms with E-state index < -0.39 is 17.7 Å². The van der Waals surface area contributed by atoms with Crippen molar-refractivity contribution >= 4 is 34.9 Å². The van der Waals surface area contributed by atoms with Crippen LogP contribution in [0.3, 0.4) is 0 Å². The number of carbonyl (C=O) groups is 1. The van der Waals surface area contributed by atoms with Gasteiger partial charge >= 0.3 is 12.1 Å². The number of carboxylic acid groups (broad SMARTS) is 1. The number of hydrogen-bond acceptors (Lipinski definition) is 5. The number of oxime groups is 1. The van der Waals surface area contributed by atoms with Gasteiger partial charge in [-0.25, -0.2) is 4.79 Å². The summed E-state index contributed by atoms with van der Waals surface area (Å²) in [6, 6.07) is 13.5. The summed E-state index contributed by atoms with van der Waals surface area (Å²) in [5, 5.41) is 13.1. The Bertz CT molecular complexity index is 1190. The largest absolute Gasteiger partial charge is 0.489 e. The van der Waals surface area contributed by atoms with E-state index in [1.807, 2.05) is 0 Å². The first-order valence-electron chi connectivity index (χ1n) is 9.50. The van der Waals surface area contributed by atoms with Gasteiger partial charge < -0.3 is 19.4 Å². The Morgan fingerprint density at radius 2 is 1.62 bits per heavy atom. The van der Waals surface area contributed by atoms with Gasteiger partial charge in [0.15, 0.2) is 11.5 Å². The minimum atomic E-state index is -4.47. The molecule has 0 amide bonds. The van der Waals surface area contributed by atoms with Crippen molar-refractivity contribution in [2.75, 3.05) is 7.11 Å². The molecule has 1 N–H and O–H groups in total. The van der Waals surface area contributed by atoms with Crippen molar-refractivity contribution in [3.8, 4) is 17.2 Å². The van der Waals surface area contributed by atoms with Gasteiger partial charge in [0.25, 0.3) is 0 Å². The zero-order valence-corrected chi connectivity index (χ0v) is 18.9. The normalized spacial score (nSPS) is 11.8. The van der Waals surface area contributed by atoms with Crippen LogP contribution in [0.25, 0.3) is 0 Å². The third-order valence-corrected chi connectivity index (χ3v) is 4.99. The van der Waals surface area contributed by atoms with Crippen molar-refractivity contribution < 1.29 is 37.4 Å². The predicted octanol–water partition coefficient (Wildman–Crippen LogP) is 6.82. The molecule has 0 aliphatic heterocycles. The monoisotopic (exact) mass is 513 g/mol. The Kier molecular flexibility index (Phi) is 7.90. The molecule has 178 valence electrons. The molecule has 0 saturated heterocycles. The molecule has 0 spiro atoms. The zero-order chi connectivity index (χ0) is 24.9. The smallest absolute Gasteiger partial charge is 0.416 e. The molecule has 34 heavy (non-hydrogen) atoms. The van der Waals surface area contributed by atoms with Gasteiger partial charge in [-0.05, 0) is 29.8 Å². The average molecular weight is 514 g/mol. The van der Waals surface area contributed by atoms with Crippen molar-refractivity contribution in [1.82, 2.24) is 0 Å². The molecule has 0 saturated carbocycles. The second-order valence-corrected chi connectivity index (χ2v) is 7.53. The van der Waals surface area contributed by atoms with Gasteiger partial charge in [-0.15, -0.1) is 0 Å². The van der Waals surface area contributed by atoms with Crippen LogP contribution in [0.5, 0.6) is 17.2 Å². The lowest BCUT2D eigenvalue weighted by Gasteiger charge is -2.14. The van der Waals surface area contributed by atoms with E-state index in [1.54, 1.807) is 24.3 Å². The Morgan fingerprint density at radius 1 is 1.00 bits per heavy atom. The number of nitrogens with zero attached hydrogens (tertiary/aromatic N) is 1. The first-order chi connectivity index (χ1) is 16.1. The molecule has 0 heterocycles. The number of ether oxygens (including phenoxy) is 2. The number of halogens is 5. The van der Waals surface area contributed by atoms with Crippen LogP contribution in [-0.2, 0) is 22.4 Å². The fraction of sp³-hybridized carbons (Fsp3) is 0.130. The maximum Gasteiger partial charge on any atom is 0.416 e. The topological polar surface area (TPSA) is 77.4 Å². The van der Waals surface area contributed by atoms with Crippen molar-refractivity contribution in [2.45, 2.75) is 12.8 Å². The van der Waals surface area contributed by atoms with Gasteiger partial charge in [-0.3, -0.25) is 0 Å². The number of alkyl halides is 3. The van der Waals surface area contributed by atoms with Gasteiger partial charge in [-0.2, -0.15) is 13.2 Å². The molecule has 3 rings (SSSR count). The van der Waals surface area contributed by atoms with Crippen molar-refractivity contribution in [1.29, 1.82) is 0 Å². The fourth-order valence-corrected chi connectivity index (χ4v) is 3.42. The maximum absolute atomic E-state index is 12.7. The summed E-state index contributed by atoms with van der Waals surface area (Å²) in [6.45, 7) is -0.0437. The SMILES string of the molecule is CO/N=C(/C(=O)O)c1ccccc1COc1cc(Cl)c(Oc2ccc(C(F)(F)F)cc2)c(Cl)c1. The summed E-state index contributed by atoms with van der Waals surface area (Å²) >= 11 is 12.5. The van der Waals surface area contributed by atoms with Gasteiger partial charge in [-0.1, -0.05) is 52.6 Å². The van der Waals surface area contributed by atoms with Gasteiger partial charge in [0.05, 0.1) is 15.6 Å². The van der Waals surface area contributed by atoms with Crippen molar-refractivity contribution in [2.24, 2.45) is 5.16 Å². The van der Waals surface area contributed by atoms with Crippen LogP contribution in [0.2, 0.25) is 10.0 Å². The Morgan fingerprint density at radius 3 is 2.18 bits per heavy atom. The zero-order valence-electron chi connectivity index (χ0n) is 17.4. The molecule has 0 fully saturated rings. The number of aliphatic carboxylic acids is 1. The van der Waals surface area contributed by atoms with Gasteiger partial charge in [0, 0.05) is 17.7 Å².